The molecule has 20 heavy (non-hydrogen) atoms. The predicted molar refractivity (Wildman–Crippen MR) is 79.4 cm³/mol. The minimum Gasteiger partial charge on any atom is -0.494 e. The van der Waals surface area contributed by atoms with Gasteiger partial charge in [-0.2, -0.15) is 0 Å². The highest BCUT2D eigenvalue weighted by Gasteiger charge is 2.07. The molecule has 0 radical (unpaired) electrons. The maximum absolute atomic E-state index is 5.49. The van der Waals surface area contributed by atoms with Crippen LogP contribution < -0.4 is 10.1 Å². The van der Waals surface area contributed by atoms with Crippen molar-refractivity contribution in [3.8, 4) is 5.75 Å². The van der Waals surface area contributed by atoms with Crippen LogP contribution in [0.2, 0.25) is 0 Å². The van der Waals surface area contributed by atoms with E-state index in [1.54, 1.807) is 11.3 Å². The van der Waals surface area contributed by atoms with Crippen molar-refractivity contribution in [2.75, 3.05) is 11.9 Å². The summed E-state index contributed by atoms with van der Waals surface area (Å²) >= 11 is 1.60. The van der Waals surface area contributed by atoms with Gasteiger partial charge in [0, 0.05) is 0 Å². The van der Waals surface area contributed by atoms with Crippen LogP contribution in [0.25, 0.3) is 10.2 Å². The van der Waals surface area contributed by atoms with Crippen LogP contribution in [0.1, 0.15) is 18.4 Å². The Labute approximate surface area is 120 Å². The fourth-order valence-electron chi connectivity index (χ4n) is 1.89. The fraction of sp³-hybridized carbons (Fsp3) is 0.286. The van der Waals surface area contributed by atoms with Gasteiger partial charge < -0.3 is 14.5 Å². The fourth-order valence-corrected chi connectivity index (χ4v) is 2.78. The maximum atomic E-state index is 5.49. The quantitative estimate of drug-likeness (QED) is 0.777. The summed E-state index contributed by atoms with van der Waals surface area (Å²) in [6, 6.07) is 5.93. The van der Waals surface area contributed by atoms with E-state index in [0.717, 1.165) is 32.6 Å². The number of aryl methyl sites for hydroxylation is 1. The SMILES string of the molecule is CCOc1ccc2nc(NCc3ocnc3C)sc2c1. The largest absolute Gasteiger partial charge is 0.494 e. The smallest absolute Gasteiger partial charge is 0.184 e. The van der Waals surface area contributed by atoms with Crippen LogP contribution in [0.3, 0.4) is 0 Å². The van der Waals surface area contributed by atoms with E-state index in [1.165, 1.54) is 6.39 Å². The molecule has 0 aliphatic heterocycles. The van der Waals surface area contributed by atoms with Crippen LogP contribution in [-0.2, 0) is 6.54 Å². The van der Waals surface area contributed by atoms with Gasteiger partial charge in [0.1, 0.15) is 11.5 Å². The predicted octanol–water partition coefficient (Wildman–Crippen LogP) is 3.60. The molecule has 0 saturated heterocycles. The van der Waals surface area contributed by atoms with Gasteiger partial charge in [-0.05, 0) is 32.0 Å². The molecule has 5 nitrogen and oxygen atoms in total. The molecule has 2 heterocycles. The number of anilines is 1. The lowest BCUT2D eigenvalue weighted by molar-refractivity contribution is 0.341. The Kier molecular flexibility index (Phi) is 3.56. The highest BCUT2D eigenvalue weighted by Crippen LogP contribution is 2.29. The van der Waals surface area contributed by atoms with Crippen molar-refractivity contribution in [2.45, 2.75) is 20.4 Å². The summed E-state index contributed by atoms with van der Waals surface area (Å²) in [6.07, 6.45) is 1.46. The van der Waals surface area contributed by atoms with Crippen LogP contribution in [0.15, 0.2) is 29.0 Å². The molecule has 0 unspecified atom stereocenters. The van der Waals surface area contributed by atoms with E-state index in [1.807, 2.05) is 32.0 Å². The second-order valence-electron chi connectivity index (χ2n) is 4.30. The molecule has 0 aliphatic carbocycles. The maximum Gasteiger partial charge on any atom is 0.184 e. The van der Waals surface area contributed by atoms with Gasteiger partial charge in [-0.3, -0.25) is 0 Å². The first-order valence-corrected chi connectivity index (χ1v) is 7.24. The van der Waals surface area contributed by atoms with Gasteiger partial charge in [0.25, 0.3) is 0 Å². The lowest BCUT2D eigenvalue weighted by Crippen LogP contribution is -1.98. The second-order valence-corrected chi connectivity index (χ2v) is 5.33. The Morgan fingerprint density at radius 3 is 3.05 bits per heavy atom. The topological polar surface area (TPSA) is 60.2 Å². The lowest BCUT2D eigenvalue weighted by atomic mass is 10.3. The number of oxazole rings is 1. The van der Waals surface area contributed by atoms with Gasteiger partial charge in [0.05, 0.1) is 29.1 Å². The van der Waals surface area contributed by atoms with Crippen molar-refractivity contribution in [3.63, 3.8) is 0 Å². The van der Waals surface area contributed by atoms with Crippen molar-refractivity contribution in [2.24, 2.45) is 0 Å². The van der Waals surface area contributed by atoms with Gasteiger partial charge in [-0.1, -0.05) is 11.3 Å². The van der Waals surface area contributed by atoms with Gasteiger partial charge in [-0.25, -0.2) is 9.97 Å². The summed E-state index contributed by atoms with van der Waals surface area (Å²) in [5, 5.41) is 4.13. The number of nitrogens with one attached hydrogen (secondary N) is 1. The molecule has 0 spiro atoms. The van der Waals surface area contributed by atoms with Gasteiger partial charge in [0.2, 0.25) is 0 Å². The number of aromatic nitrogens is 2. The molecule has 0 fully saturated rings. The van der Waals surface area contributed by atoms with Crippen LogP contribution in [0.4, 0.5) is 5.13 Å². The molecule has 1 aromatic carbocycles. The number of rotatable bonds is 5. The Morgan fingerprint density at radius 2 is 2.30 bits per heavy atom. The summed E-state index contributed by atoms with van der Waals surface area (Å²) in [4.78, 5) is 8.60. The first-order chi connectivity index (χ1) is 9.76. The van der Waals surface area contributed by atoms with Crippen LogP contribution in [0, 0.1) is 6.92 Å². The molecule has 0 bridgehead atoms. The van der Waals surface area contributed by atoms with Crippen LogP contribution >= 0.6 is 11.3 Å². The first-order valence-electron chi connectivity index (χ1n) is 6.42. The Hall–Kier alpha value is -2.08. The highest BCUT2D eigenvalue weighted by molar-refractivity contribution is 7.22. The number of benzene rings is 1. The number of nitrogens with zero attached hydrogens (tertiary/aromatic N) is 2. The average molecular weight is 289 g/mol. The number of ether oxygens (including phenoxy) is 1. The molecule has 1 N–H and O–H groups in total. The molecule has 0 amide bonds. The van der Waals surface area contributed by atoms with Crippen molar-refractivity contribution in [1.82, 2.24) is 9.97 Å². The Bertz CT molecular complexity index is 720. The summed E-state index contributed by atoms with van der Waals surface area (Å²) in [5.41, 5.74) is 1.87. The standard InChI is InChI=1S/C14H15N3O2S/c1-3-18-10-4-5-11-13(6-10)20-14(17-11)15-7-12-9(2)16-8-19-12/h4-6,8H,3,7H2,1-2H3,(H,15,17). The van der Waals surface area contributed by atoms with E-state index in [-0.39, 0.29) is 0 Å². The first kappa shape index (κ1) is 12.9. The zero-order chi connectivity index (χ0) is 13.9. The summed E-state index contributed by atoms with van der Waals surface area (Å²) in [6.45, 7) is 5.15. The van der Waals surface area contributed by atoms with Crippen molar-refractivity contribution in [3.05, 3.63) is 36.0 Å². The molecular weight excluding hydrogens is 274 g/mol. The highest BCUT2D eigenvalue weighted by atomic mass is 32.1. The van der Waals surface area contributed by atoms with Crippen molar-refractivity contribution in [1.29, 1.82) is 0 Å². The van der Waals surface area contributed by atoms with Crippen molar-refractivity contribution < 1.29 is 9.15 Å². The van der Waals surface area contributed by atoms with Crippen molar-refractivity contribution >= 4 is 26.7 Å². The van der Waals surface area contributed by atoms with E-state index in [2.05, 4.69) is 15.3 Å². The second kappa shape index (κ2) is 5.50. The average Bonchev–Trinajstić information content (AvgIpc) is 3.02. The van der Waals surface area contributed by atoms with E-state index in [4.69, 9.17) is 9.15 Å². The lowest BCUT2D eigenvalue weighted by Gasteiger charge is -2.00. The van der Waals surface area contributed by atoms with E-state index >= 15 is 0 Å². The molecule has 3 rings (SSSR count). The number of hydrogen-bond acceptors (Lipinski definition) is 6. The summed E-state index contributed by atoms with van der Waals surface area (Å²) in [7, 11) is 0. The van der Waals surface area contributed by atoms with Crippen LogP contribution in [0.5, 0.6) is 5.75 Å². The zero-order valence-corrected chi connectivity index (χ0v) is 12.2. The summed E-state index contributed by atoms with van der Waals surface area (Å²) in [5.74, 6) is 1.71. The van der Waals surface area contributed by atoms with E-state index < -0.39 is 0 Å². The van der Waals surface area contributed by atoms with Gasteiger partial charge >= 0.3 is 0 Å². The normalized spacial score (nSPS) is 10.9. The molecule has 104 valence electrons. The minimum atomic E-state index is 0.587. The number of fused-ring (bicyclic) bond motifs is 1. The molecule has 0 aliphatic rings. The molecular formula is C14H15N3O2S. The molecule has 3 aromatic rings. The monoisotopic (exact) mass is 289 g/mol. The number of hydrogen-bond donors (Lipinski definition) is 1. The Balaban J connectivity index is 1.77. The Morgan fingerprint density at radius 1 is 1.40 bits per heavy atom. The third-order valence-corrected chi connectivity index (χ3v) is 3.89. The minimum absolute atomic E-state index is 0.587. The third-order valence-electron chi connectivity index (χ3n) is 2.92. The molecule has 0 saturated carbocycles. The van der Waals surface area contributed by atoms with Crippen LogP contribution in [-0.4, -0.2) is 16.6 Å². The van der Waals surface area contributed by atoms with Gasteiger partial charge in [0.15, 0.2) is 11.5 Å². The zero-order valence-electron chi connectivity index (χ0n) is 11.3. The number of thiazole rings is 1. The molecule has 6 heteroatoms. The summed E-state index contributed by atoms with van der Waals surface area (Å²) < 4.78 is 11.9. The van der Waals surface area contributed by atoms with E-state index in [9.17, 15) is 0 Å². The van der Waals surface area contributed by atoms with Gasteiger partial charge in [-0.15, -0.1) is 0 Å². The van der Waals surface area contributed by atoms with E-state index in [0.29, 0.717) is 13.2 Å². The molecule has 0 atom stereocenters. The molecule has 2 aromatic heterocycles. The third kappa shape index (κ3) is 2.60.